The molecule has 0 fully saturated rings. The van der Waals surface area contributed by atoms with Crippen molar-refractivity contribution in [2.75, 3.05) is 18.9 Å². The smallest absolute Gasteiger partial charge is 0.410 e. The number of ether oxygens (including phenoxy) is 1. The summed E-state index contributed by atoms with van der Waals surface area (Å²) in [6.07, 6.45) is 3.63. The number of amidine groups is 1. The van der Waals surface area contributed by atoms with Crippen molar-refractivity contribution < 1.29 is 9.53 Å². The Morgan fingerprint density at radius 1 is 1.22 bits per heavy atom. The van der Waals surface area contributed by atoms with E-state index >= 15 is 0 Å². The Morgan fingerprint density at radius 3 is 2.84 bits per heavy atom. The van der Waals surface area contributed by atoms with E-state index < -0.39 is 0 Å². The molecule has 1 atom stereocenters. The van der Waals surface area contributed by atoms with Gasteiger partial charge in [-0.25, -0.2) is 9.79 Å². The van der Waals surface area contributed by atoms with E-state index in [1.165, 1.54) is 5.56 Å². The maximum Gasteiger partial charge on any atom is 0.414 e. The number of nitrogens with two attached hydrogens (primary N) is 1. The summed E-state index contributed by atoms with van der Waals surface area (Å²) < 4.78 is 5.38. The zero-order chi connectivity index (χ0) is 22.3. The topological polar surface area (TPSA) is 80.0 Å². The molecule has 0 radical (unpaired) electrons. The minimum absolute atomic E-state index is 0.326. The van der Waals surface area contributed by atoms with Gasteiger partial charge in [0.2, 0.25) is 0 Å². The van der Waals surface area contributed by atoms with E-state index in [1.807, 2.05) is 41.8 Å². The number of benzene rings is 2. The van der Waals surface area contributed by atoms with Crippen molar-refractivity contribution in [3.63, 3.8) is 0 Å². The van der Waals surface area contributed by atoms with Gasteiger partial charge in [-0.05, 0) is 73.0 Å². The van der Waals surface area contributed by atoms with E-state index in [-0.39, 0.29) is 6.09 Å². The van der Waals surface area contributed by atoms with Gasteiger partial charge in [-0.1, -0.05) is 24.3 Å². The number of nitrogens with one attached hydrogen (secondary N) is 1. The van der Waals surface area contributed by atoms with E-state index in [4.69, 9.17) is 10.5 Å². The van der Waals surface area contributed by atoms with E-state index in [0.717, 1.165) is 41.9 Å². The van der Waals surface area contributed by atoms with Crippen LogP contribution in [0.4, 0.5) is 16.2 Å². The van der Waals surface area contributed by atoms with Gasteiger partial charge in [0.25, 0.3) is 0 Å². The molecule has 1 amide bonds. The van der Waals surface area contributed by atoms with Crippen molar-refractivity contribution in [3.8, 4) is 5.75 Å². The molecule has 6 nitrogen and oxygen atoms in total. The summed E-state index contributed by atoms with van der Waals surface area (Å²) in [4.78, 5) is 19.4. The summed E-state index contributed by atoms with van der Waals surface area (Å²) in [6.45, 7) is 0.659. The molecule has 2 aromatic carbocycles. The lowest BCUT2D eigenvalue weighted by Crippen LogP contribution is -2.32. The maximum atomic E-state index is 12.2. The highest BCUT2D eigenvalue weighted by Crippen LogP contribution is 2.30. The monoisotopic (exact) mass is 448 g/mol. The number of thiophene rings is 1. The molecule has 0 spiro atoms. The van der Waals surface area contributed by atoms with E-state index in [2.05, 4.69) is 22.4 Å². The molecule has 1 unspecified atom stereocenters. The molecule has 166 valence electrons. The molecule has 3 N–H and O–H groups in total. The lowest BCUT2D eigenvalue weighted by Gasteiger charge is -2.28. The Labute approximate surface area is 192 Å². The Hall–Kier alpha value is -3.32. The molecule has 1 aromatic heterocycles. The third-order valence-electron chi connectivity index (χ3n) is 5.54. The molecule has 2 heterocycles. The number of carbonyl (C=O) groups is 1. The van der Waals surface area contributed by atoms with Crippen molar-refractivity contribution in [1.82, 2.24) is 4.90 Å². The summed E-state index contributed by atoms with van der Waals surface area (Å²) >= 11 is 1.59. The van der Waals surface area contributed by atoms with Gasteiger partial charge in [-0.2, -0.15) is 0 Å². The summed E-state index contributed by atoms with van der Waals surface area (Å²) in [6, 6.07) is 19.7. The highest BCUT2D eigenvalue weighted by molar-refractivity contribution is 7.12. The fraction of sp³-hybridized carbons (Fsp3) is 0.280. The molecule has 1 aliphatic heterocycles. The van der Waals surface area contributed by atoms with Crippen LogP contribution in [-0.4, -0.2) is 36.5 Å². The number of para-hydroxylation sites is 1. The first-order valence-corrected chi connectivity index (χ1v) is 11.7. The van der Waals surface area contributed by atoms with Crippen LogP contribution in [0.3, 0.4) is 0 Å². The van der Waals surface area contributed by atoms with Crippen LogP contribution in [0.5, 0.6) is 5.75 Å². The molecule has 32 heavy (non-hydrogen) atoms. The number of hydrogen-bond donors (Lipinski definition) is 2. The lowest BCUT2D eigenvalue weighted by molar-refractivity contribution is 0.162. The number of rotatable bonds is 7. The first-order chi connectivity index (χ1) is 15.6. The normalized spacial score (nSPS) is 15.5. The lowest BCUT2D eigenvalue weighted by atomic mass is 9.95. The van der Waals surface area contributed by atoms with Crippen molar-refractivity contribution in [2.45, 2.75) is 31.7 Å². The largest absolute Gasteiger partial charge is 0.414 e. The van der Waals surface area contributed by atoms with Crippen molar-refractivity contribution in [3.05, 3.63) is 76.5 Å². The molecule has 7 heteroatoms. The van der Waals surface area contributed by atoms with Crippen LogP contribution in [0, 0.1) is 0 Å². The molecular weight excluding hydrogens is 420 g/mol. The van der Waals surface area contributed by atoms with E-state index in [9.17, 15) is 4.79 Å². The fourth-order valence-corrected chi connectivity index (χ4v) is 4.41. The fourth-order valence-electron chi connectivity index (χ4n) is 3.79. The van der Waals surface area contributed by atoms with Crippen LogP contribution in [0.25, 0.3) is 0 Å². The number of carbonyl (C=O) groups excluding carboxylic acids is 1. The molecule has 1 aliphatic rings. The van der Waals surface area contributed by atoms with Gasteiger partial charge in [-0.15, -0.1) is 11.3 Å². The van der Waals surface area contributed by atoms with Crippen LogP contribution < -0.4 is 15.8 Å². The second-order valence-corrected chi connectivity index (χ2v) is 8.89. The van der Waals surface area contributed by atoms with Crippen LogP contribution in [0.1, 0.15) is 29.7 Å². The van der Waals surface area contributed by atoms with Crippen LogP contribution in [0.2, 0.25) is 0 Å². The van der Waals surface area contributed by atoms with Gasteiger partial charge in [0.15, 0.2) is 0 Å². The van der Waals surface area contributed by atoms with Crippen LogP contribution >= 0.6 is 11.3 Å². The molecule has 0 saturated heterocycles. The average Bonchev–Trinajstić information content (AvgIpc) is 3.35. The Bertz CT molecular complexity index is 1070. The standard InChI is InChI=1S/C25H28N4O2S/c1-29(25(30)31-21-8-3-2-4-9-21)15-5-7-19-12-11-18-17-20(13-14-22(18)27-19)28-24(26)23-10-6-16-32-23/h2-4,6,8-10,13-14,16-17,19,27H,5,7,11-12,15H2,1H3,(H2,26,28). The number of hydrogen-bond acceptors (Lipinski definition) is 5. The van der Waals surface area contributed by atoms with E-state index in [1.54, 1.807) is 35.4 Å². The van der Waals surface area contributed by atoms with Crippen molar-refractivity contribution >= 4 is 34.6 Å². The summed E-state index contributed by atoms with van der Waals surface area (Å²) in [7, 11) is 1.78. The van der Waals surface area contributed by atoms with Crippen LogP contribution in [-0.2, 0) is 6.42 Å². The number of amides is 1. The van der Waals surface area contributed by atoms with Crippen molar-refractivity contribution in [2.24, 2.45) is 10.7 Å². The minimum atomic E-state index is -0.326. The van der Waals surface area contributed by atoms with Crippen LogP contribution in [0.15, 0.2) is 71.0 Å². The summed E-state index contributed by atoms with van der Waals surface area (Å²) in [5.74, 6) is 1.12. The zero-order valence-electron chi connectivity index (χ0n) is 18.2. The first-order valence-electron chi connectivity index (χ1n) is 10.8. The average molecular weight is 449 g/mol. The van der Waals surface area contributed by atoms with Gasteiger partial charge in [0.05, 0.1) is 10.6 Å². The first kappa shape index (κ1) is 21.9. The predicted molar refractivity (Wildman–Crippen MR) is 131 cm³/mol. The Morgan fingerprint density at radius 2 is 2.06 bits per heavy atom. The highest BCUT2D eigenvalue weighted by atomic mass is 32.1. The Kier molecular flexibility index (Phi) is 7.07. The third-order valence-corrected chi connectivity index (χ3v) is 6.43. The van der Waals surface area contributed by atoms with Gasteiger partial charge >= 0.3 is 6.09 Å². The maximum absolute atomic E-state index is 12.2. The molecular formula is C25H28N4O2S. The number of aryl methyl sites for hydroxylation is 1. The minimum Gasteiger partial charge on any atom is -0.410 e. The molecule has 0 aliphatic carbocycles. The SMILES string of the molecule is CN(CCCC1CCc2cc(N=C(N)c3cccs3)ccc2N1)C(=O)Oc1ccccc1. The summed E-state index contributed by atoms with van der Waals surface area (Å²) in [5, 5.41) is 5.63. The number of aliphatic imine (C=N–C) groups is 1. The van der Waals surface area contributed by atoms with Gasteiger partial charge in [-0.3, -0.25) is 0 Å². The molecule has 4 rings (SSSR count). The second kappa shape index (κ2) is 10.3. The molecule has 0 saturated carbocycles. The number of nitrogens with zero attached hydrogens (tertiary/aromatic N) is 2. The molecule has 3 aromatic rings. The quantitative estimate of drug-likeness (QED) is 0.373. The van der Waals surface area contributed by atoms with Gasteiger partial charge in [0, 0.05) is 25.3 Å². The third kappa shape index (κ3) is 5.68. The Balaban J connectivity index is 1.26. The molecule has 0 bridgehead atoms. The van der Waals surface area contributed by atoms with Crippen molar-refractivity contribution in [1.29, 1.82) is 0 Å². The van der Waals surface area contributed by atoms with Gasteiger partial charge in [0.1, 0.15) is 11.6 Å². The van der Waals surface area contributed by atoms with Gasteiger partial charge < -0.3 is 20.7 Å². The van der Waals surface area contributed by atoms with E-state index in [0.29, 0.717) is 24.2 Å². The zero-order valence-corrected chi connectivity index (χ0v) is 19.0. The predicted octanol–water partition coefficient (Wildman–Crippen LogP) is 5.42. The highest BCUT2D eigenvalue weighted by Gasteiger charge is 2.19. The number of anilines is 1. The number of fused-ring (bicyclic) bond motifs is 1. The second-order valence-electron chi connectivity index (χ2n) is 7.94. The summed E-state index contributed by atoms with van der Waals surface area (Å²) in [5.41, 5.74) is 9.43.